The molecule has 4 nitrogen and oxygen atoms in total. The molecule has 1 atom stereocenters. The van der Waals surface area contributed by atoms with Crippen molar-refractivity contribution in [2.45, 2.75) is 58.3 Å². The van der Waals surface area contributed by atoms with Crippen LogP contribution in [0.5, 0.6) is 0 Å². The molecule has 2 aromatic carbocycles. The minimum Gasteiger partial charge on any atom is -0.399 e. The van der Waals surface area contributed by atoms with Gasteiger partial charge < -0.3 is 9.31 Å². The lowest BCUT2D eigenvalue weighted by Gasteiger charge is -2.32. The van der Waals surface area contributed by atoms with E-state index in [9.17, 15) is 0 Å². The van der Waals surface area contributed by atoms with E-state index in [1.54, 1.807) is 0 Å². The topological polar surface area (TPSA) is 36.3 Å². The Morgan fingerprint density at radius 3 is 2.30 bits per heavy atom. The van der Waals surface area contributed by atoms with Gasteiger partial charge in [-0.15, -0.1) is 0 Å². The molecule has 1 aromatic heterocycles. The fraction of sp³-hybridized carbons (Fsp3) is 0.409. The smallest absolute Gasteiger partial charge is 0.399 e. The van der Waals surface area contributed by atoms with Crippen LogP contribution in [-0.4, -0.2) is 28.1 Å². The molecule has 0 radical (unpaired) electrons. The Balaban J connectivity index is 1.63. The van der Waals surface area contributed by atoms with Crippen molar-refractivity contribution >= 4 is 23.5 Å². The molecule has 2 heterocycles. The summed E-state index contributed by atoms with van der Waals surface area (Å²) in [5, 5.41) is 5.88. The Hall–Kier alpha value is -2.11. The van der Waals surface area contributed by atoms with Gasteiger partial charge in [0.2, 0.25) is 0 Å². The van der Waals surface area contributed by atoms with Crippen molar-refractivity contribution in [1.29, 1.82) is 0 Å². The third-order valence-corrected chi connectivity index (χ3v) is 5.97. The Bertz CT molecular complexity index is 933. The minimum absolute atomic E-state index is 0.350. The van der Waals surface area contributed by atoms with Gasteiger partial charge >= 0.3 is 7.12 Å². The molecule has 1 fully saturated rings. The molecule has 0 spiro atoms. The number of nitrogens with zero attached hydrogens (tertiary/aromatic N) is 2. The molecule has 0 saturated carbocycles. The fourth-order valence-electron chi connectivity index (χ4n) is 3.55. The molecular formula is C22H27BN2O2. The Labute approximate surface area is 161 Å². The lowest BCUT2D eigenvalue weighted by molar-refractivity contribution is 0.00578. The number of fused-ring (bicyclic) bond motifs is 1. The van der Waals surface area contributed by atoms with Crippen molar-refractivity contribution in [2.24, 2.45) is 0 Å². The first-order chi connectivity index (χ1) is 12.8. The van der Waals surface area contributed by atoms with Gasteiger partial charge in [0.05, 0.1) is 16.7 Å². The van der Waals surface area contributed by atoms with Gasteiger partial charge in [0.25, 0.3) is 0 Å². The van der Waals surface area contributed by atoms with Crippen molar-refractivity contribution in [3.8, 4) is 0 Å². The van der Waals surface area contributed by atoms with Crippen molar-refractivity contribution in [3.63, 3.8) is 0 Å². The number of aromatic nitrogens is 2. The van der Waals surface area contributed by atoms with Crippen LogP contribution in [0.1, 0.15) is 46.1 Å². The highest BCUT2D eigenvalue weighted by molar-refractivity contribution is 6.65. The molecule has 5 heteroatoms. The van der Waals surface area contributed by atoms with Crippen LogP contribution in [0.2, 0.25) is 0 Å². The maximum atomic E-state index is 6.26. The molecule has 140 valence electrons. The molecule has 27 heavy (non-hydrogen) atoms. The van der Waals surface area contributed by atoms with Crippen molar-refractivity contribution in [1.82, 2.24) is 9.78 Å². The molecule has 1 aliphatic rings. The predicted molar refractivity (Wildman–Crippen MR) is 110 cm³/mol. The minimum atomic E-state index is -0.372. The van der Waals surface area contributed by atoms with E-state index in [-0.39, 0.29) is 18.3 Å². The van der Waals surface area contributed by atoms with Gasteiger partial charge in [-0.3, -0.25) is 4.68 Å². The first-order valence-electron chi connectivity index (χ1n) is 9.63. The van der Waals surface area contributed by atoms with Crippen LogP contribution in [-0.2, 0) is 15.9 Å². The summed E-state index contributed by atoms with van der Waals surface area (Å²) in [5.41, 5.74) is 2.64. The summed E-state index contributed by atoms with van der Waals surface area (Å²) in [4.78, 5) is 0. The third-order valence-electron chi connectivity index (χ3n) is 5.97. The zero-order valence-corrected chi connectivity index (χ0v) is 16.8. The Morgan fingerprint density at radius 2 is 1.63 bits per heavy atom. The fourth-order valence-corrected chi connectivity index (χ4v) is 3.55. The van der Waals surface area contributed by atoms with E-state index in [0.29, 0.717) is 5.92 Å². The van der Waals surface area contributed by atoms with E-state index in [1.807, 2.05) is 16.8 Å². The summed E-state index contributed by atoms with van der Waals surface area (Å²) in [7, 11) is -0.372. The highest BCUT2D eigenvalue weighted by Crippen LogP contribution is 2.37. The lowest BCUT2D eigenvalue weighted by atomic mass is 9.77. The third kappa shape index (κ3) is 3.30. The Kier molecular flexibility index (Phi) is 4.40. The summed E-state index contributed by atoms with van der Waals surface area (Å²) in [6, 6.07) is 16.7. The standard InChI is InChI=1S/C22H27BN2O2/c1-16(17-10-7-6-8-11-17)14-25-15-18-19(12-9-13-20(18)24-25)23-26-21(2,3)22(4,5)27-23/h6-13,15-16H,14H2,1-5H3/t16-/m0/s1. The number of benzene rings is 2. The van der Waals surface area contributed by atoms with Crippen LogP contribution in [0.25, 0.3) is 10.9 Å². The average Bonchev–Trinajstić information content (AvgIpc) is 3.12. The van der Waals surface area contributed by atoms with Gasteiger partial charge in [-0.2, -0.15) is 5.10 Å². The molecule has 0 unspecified atom stereocenters. The molecule has 0 aliphatic carbocycles. The molecule has 1 aliphatic heterocycles. The summed E-state index contributed by atoms with van der Waals surface area (Å²) in [6.07, 6.45) is 2.12. The van der Waals surface area contributed by atoms with Gasteiger partial charge in [0.1, 0.15) is 0 Å². The van der Waals surface area contributed by atoms with E-state index in [2.05, 4.69) is 77.2 Å². The molecule has 0 bridgehead atoms. The normalized spacial score (nSPS) is 19.5. The molecule has 0 amide bonds. The van der Waals surface area contributed by atoms with E-state index in [1.165, 1.54) is 5.56 Å². The maximum Gasteiger partial charge on any atom is 0.495 e. The molecule has 3 aromatic rings. The van der Waals surface area contributed by atoms with Crippen LogP contribution in [0, 0.1) is 0 Å². The highest BCUT2D eigenvalue weighted by Gasteiger charge is 2.52. The second-order valence-electron chi connectivity index (χ2n) is 8.53. The predicted octanol–water partition coefficient (Wildman–Crippen LogP) is 4.14. The van der Waals surface area contributed by atoms with Crippen LogP contribution < -0.4 is 5.46 Å². The van der Waals surface area contributed by atoms with Crippen molar-refractivity contribution < 1.29 is 9.31 Å². The quantitative estimate of drug-likeness (QED) is 0.655. The van der Waals surface area contributed by atoms with Crippen LogP contribution >= 0.6 is 0 Å². The van der Waals surface area contributed by atoms with Crippen LogP contribution in [0.3, 0.4) is 0 Å². The van der Waals surface area contributed by atoms with Gasteiger partial charge in [-0.25, -0.2) is 0 Å². The largest absolute Gasteiger partial charge is 0.495 e. The van der Waals surface area contributed by atoms with Crippen molar-refractivity contribution in [3.05, 3.63) is 60.3 Å². The lowest BCUT2D eigenvalue weighted by Crippen LogP contribution is -2.41. The van der Waals surface area contributed by atoms with Gasteiger partial charge in [0.15, 0.2) is 0 Å². The van der Waals surface area contributed by atoms with E-state index in [4.69, 9.17) is 14.4 Å². The maximum absolute atomic E-state index is 6.26. The van der Waals surface area contributed by atoms with Gasteiger partial charge in [-0.1, -0.05) is 49.4 Å². The van der Waals surface area contributed by atoms with Crippen LogP contribution in [0.15, 0.2) is 54.7 Å². The second-order valence-corrected chi connectivity index (χ2v) is 8.53. The molecule has 1 saturated heterocycles. The van der Waals surface area contributed by atoms with Crippen molar-refractivity contribution in [2.75, 3.05) is 0 Å². The summed E-state index contributed by atoms with van der Waals surface area (Å²) in [6.45, 7) is 11.4. The summed E-state index contributed by atoms with van der Waals surface area (Å²) in [5.74, 6) is 0.390. The molecule has 0 N–H and O–H groups in total. The van der Waals surface area contributed by atoms with Crippen LogP contribution in [0.4, 0.5) is 0 Å². The van der Waals surface area contributed by atoms with E-state index in [0.717, 1.165) is 22.9 Å². The molecule has 4 rings (SSSR count). The van der Waals surface area contributed by atoms with E-state index >= 15 is 0 Å². The van der Waals surface area contributed by atoms with Gasteiger partial charge in [0, 0.05) is 24.0 Å². The second kappa shape index (κ2) is 6.50. The summed E-state index contributed by atoms with van der Waals surface area (Å²) >= 11 is 0. The first kappa shape index (κ1) is 18.3. The zero-order valence-electron chi connectivity index (χ0n) is 16.8. The highest BCUT2D eigenvalue weighted by atomic mass is 16.7. The summed E-state index contributed by atoms with van der Waals surface area (Å²) < 4.78 is 14.6. The first-order valence-corrected chi connectivity index (χ1v) is 9.63. The number of hydrogen-bond donors (Lipinski definition) is 0. The SMILES string of the molecule is C[C@@H](Cn1cc2c(B3OC(C)(C)C(C)(C)O3)cccc2n1)c1ccccc1. The monoisotopic (exact) mass is 362 g/mol. The zero-order chi connectivity index (χ0) is 19.2. The van der Waals surface area contributed by atoms with E-state index < -0.39 is 0 Å². The average molecular weight is 362 g/mol. The number of rotatable bonds is 4. The van der Waals surface area contributed by atoms with Gasteiger partial charge in [-0.05, 0) is 44.8 Å². The number of hydrogen-bond acceptors (Lipinski definition) is 3. The molecular weight excluding hydrogens is 335 g/mol. The Morgan fingerprint density at radius 1 is 0.963 bits per heavy atom.